The number of alkyl carbamates (subject to hydrolysis) is 1. The van der Waals surface area contributed by atoms with Crippen LogP contribution in [0.25, 0.3) is 0 Å². The van der Waals surface area contributed by atoms with Crippen LogP contribution in [0, 0.1) is 0 Å². The van der Waals surface area contributed by atoms with Crippen molar-refractivity contribution in [2.75, 3.05) is 26.7 Å². The molecule has 3 atom stereocenters. The molecule has 0 spiro atoms. The Balaban J connectivity index is 0.00000435. The molecule has 5 rings (SSSR count). The van der Waals surface area contributed by atoms with Crippen LogP contribution in [0.1, 0.15) is 98.7 Å². The Morgan fingerprint density at radius 2 is 1.56 bits per heavy atom. The van der Waals surface area contributed by atoms with Gasteiger partial charge in [0, 0.05) is 38.9 Å². The Bertz CT molecular complexity index is 1930. The van der Waals surface area contributed by atoms with Gasteiger partial charge in [-0.3, -0.25) is 19.2 Å². The van der Waals surface area contributed by atoms with Gasteiger partial charge in [0.05, 0.1) is 18.4 Å². The van der Waals surface area contributed by atoms with E-state index in [1.54, 1.807) is 40.1 Å². The Labute approximate surface area is 348 Å². The first-order valence-corrected chi connectivity index (χ1v) is 19.0. The van der Waals surface area contributed by atoms with Gasteiger partial charge < -0.3 is 34.9 Å². The number of piperidine rings is 1. The average Bonchev–Trinajstić information content (AvgIpc) is 3.17. The third-order valence-electron chi connectivity index (χ3n) is 10.4. The molecule has 3 aromatic rings. The summed E-state index contributed by atoms with van der Waals surface area (Å²) < 4.78 is 11.8. The molecule has 0 saturated carbocycles. The fourth-order valence-electron chi connectivity index (χ4n) is 7.64. The van der Waals surface area contributed by atoms with Gasteiger partial charge in [0.15, 0.2) is 0 Å². The van der Waals surface area contributed by atoms with E-state index in [0.717, 1.165) is 11.1 Å². The van der Waals surface area contributed by atoms with Gasteiger partial charge in [-0.1, -0.05) is 54.6 Å². The molecule has 1 aliphatic carbocycles. The molecule has 2 aliphatic rings. The molecule has 310 valence electrons. The van der Waals surface area contributed by atoms with Crippen LogP contribution >= 0.6 is 27.0 Å². The van der Waals surface area contributed by atoms with Crippen LogP contribution in [0.2, 0.25) is 0 Å². The van der Waals surface area contributed by atoms with Crippen LogP contribution in [0.5, 0.6) is 0 Å². The highest BCUT2D eigenvalue weighted by atomic mass is 32.1. The summed E-state index contributed by atoms with van der Waals surface area (Å²) in [6.07, 6.45) is 4.24. The van der Waals surface area contributed by atoms with Gasteiger partial charge in [0.2, 0.25) is 11.8 Å². The number of carbonyl (C=O) groups excluding carboxylic acids is 5. The van der Waals surface area contributed by atoms with Crippen LogP contribution in [0.4, 0.5) is 4.79 Å². The largest absolute Gasteiger partial charge is 0.467 e. The number of aryl methyl sites for hydroxylation is 1. The number of unbranched alkanes of at least 4 members (excludes halogenated alkanes) is 1. The number of amides is 4. The minimum atomic E-state index is -1.19. The zero-order valence-electron chi connectivity index (χ0n) is 33.4. The Morgan fingerprint density at radius 3 is 2.23 bits per heavy atom. The van der Waals surface area contributed by atoms with Crippen molar-refractivity contribution in [1.29, 1.82) is 0 Å². The quantitative estimate of drug-likeness (QED) is 0.177. The van der Waals surface area contributed by atoms with Crippen molar-refractivity contribution in [2.24, 2.45) is 7.05 Å². The Kier molecular flexibility index (Phi) is 16.8. The van der Waals surface area contributed by atoms with Gasteiger partial charge in [-0.2, -0.15) is 27.0 Å². The zero-order chi connectivity index (χ0) is 39.8. The minimum absolute atomic E-state index is 0. The molecular formula is C42H57N5O8S2. The normalized spacial score (nSPS) is 18.3. The minimum Gasteiger partial charge on any atom is -0.467 e. The second-order valence-corrected chi connectivity index (χ2v) is 15.3. The molecule has 4 amide bonds. The van der Waals surface area contributed by atoms with Gasteiger partial charge in [-0.25, -0.2) is 9.59 Å². The standard InChI is InChI=1S/C42H53N5O8.2H2S/c1-41(2,3)55-40(53)43-24-12-11-19-34(38(51)54-5)45-39(52)42(28-14-7-6-8-15-28)23-20-31(30-16-9-10-18-33(30)42)37(50)47-26-21-29(22-27-47)44-35(48)32-17-13-25-46(4)36(32)49;;/h6-10,13-18,25,29,31,34H,11-12,19-24,26-27H2,1-5H3,(H,43,53)(H,44,48)(H,45,52);2*1H2/t31-,34-,42+;;/m0../s1. The fourth-order valence-corrected chi connectivity index (χ4v) is 7.64. The van der Waals surface area contributed by atoms with Crippen molar-refractivity contribution in [1.82, 2.24) is 25.4 Å². The maximum atomic E-state index is 14.7. The van der Waals surface area contributed by atoms with Gasteiger partial charge in [0.25, 0.3) is 11.5 Å². The summed E-state index contributed by atoms with van der Waals surface area (Å²) in [6.45, 7) is 6.58. The van der Waals surface area contributed by atoms with Gasteiger partial charge >= 0.3 is 12.1 Å². The van der Waals surface area contributed by atoms with Gasteiger partial charge in [-0.05, 0) is 94.5 Å². The molecule has 2 aromatic carbocycles. The molecule has 15 heteroatoms. The molecule has 0 unspecified atom stereocenters. The summed E-state index contributed by atoms with van der Waals surface area (Å²) >= 11 is 0. The first-order chi connectivity index (χ1) is 26.2. The Morgan fingerprint density at radius 1 is 0.895 bits per heavy atom. The number of pyridine rings is 1. The van der Waals surface area contributed by atoms with Gasteiger partial charge in [0.1, 0.15) is 17.2 Å². The maximum absolute atomic E-state index is 14.7. The van der Waals surface area contributed by atoms with Crippen LogP contribution in [-0.4, -0.2) is 83.7 Å². The topological polar surface area (TPSA) is 165 Å². The van der Waals surface area contributed by atoms with E-state index in [1.165, 1.54) is 17.7 Å². The third kappa shape index (κ3) is 11.2. The summed E-state index contributed by atoms with van der Waals surface area (Å²) in [5.74, 6) is -1.88. The smallest absolute Gasteiger partial charge is 0.407 e. The van der Waals surface area contributed by atoms with Crippen molar-refractivity contribution in [2.45, 2.75) is 94.7 Å². The second-order valence-electron chi connectivity index (χ2n) is 15.3. The van der Waals surface area contributed by atoms with Gasteiger partial charge in [-0.15, -0.1) is 0 Å². The lowest BCUT2D eigenvalue weighted by Crippen LogP contribution is -2.54. The lowest BCUT2D eigenvalue weighted by atomic mass is 9.62. The highest BCUT2D eigenvalue weighted by Crippen LogP contribution is 2.48. The maximum Gasteiger partial charge on any atom is 0.407 e. The number of esters is 1. The highest BCUT2D eigenvalue weighted by Gasteiger charge is 2.49. The first-order valence-electron chi connectivity index (χ1n) is 19.0. The molecule has 1 fully saturated rings. The lowest BCUT2D eigenvalue weighted by molar-refractivity contribution is -0.146. The number of methoxy groups -OCH3 is 1. The number of ether oxygens (including phenoxy) is 2. The molecule has 57 heavy (non-hydrogen) atoms. The van der Waals surface area contributed by atoms with Crippen molar-refractivity contribution >= 4 is 56.8 Å². The molecule has 1 aliphatic heterocycles. The van der Waals surface area contributed by atoms with Crippen LogP contribution in [0.15, 0.2) is 77.7 Å². The number of carbonyl (C=O) groups is 5. The van der Waals surface area contributed by atoms with E-state index in [-0.39, 0.29) is 56.0 Å². The van der Waals surface area contributed by atoms with Crippen molar-refractivity contribution < 1.29 is 33.4 Å². The van der Waals surface area contributed by atoms with E-state index in [4.69, 9.17) is 9.47 Å². The number of rotatable bonds is 12. The summed E-state index contributed by atoms with van der Waals surface area (Å²) in [7, 11) is 2.88. The number of benzene rings is 2. The van der Waals surface area contributed by atoms with E-state index in [0.29, 0.717) is 70.1 Å². The van der Waals surface area contributed by atoms with Crippen LogP contribution in [-0.2, 0) is 36.3 Å². The number of hydrogen-bond donors (Lipinski definition) is 3. The molecule has 13 nitrogen and oxygen atoms in total. The SMILES string of the molecule is COC(=O)[C@H](CCCCNC(=O)OC(C)(C)C)NC(=O)[C@@]1(c2ccccc2)CC[C@H](C(=O)N2CCC(NC(=O)c3cccn(C)c3=O)CC2)c2ccccc21.S.S. The monoisotopic (exact) mass is 823 g/mol. The molecule has 2 heterocycles. The van der Waals surface area contributed by atoms with Crippen molar-refractivity contribution in [3.8, 4) is 0 Å². The Hall–Kier alpha value is -4.76. The lowest BCUT2D eigenvalue weighted by Gasteiger charge is -2.43. The molecular weight excluding hydrogens is 767 g/mol. The molecule has 0 radical (unpaired) electrons. The van der Waals surface area contributed by atoms with E-state index < -0.39 is 40.9 Å². The summed E-state index contributed by atoms with van der Waals surface area (Å²) in [5, 5.41) is 8.71. The summed E-state index contributed by atoms with van der Waals surface area (Å²) in [5.41, 5.74) is 0.129. The third-order valence-corrected chi connectivity index (χ3v) is 10.4. The number of nitrogens with zero attached hydrogens (tertiary/aromatic N) is 2. The van der Waals surface area contributed by atoms with Crippen LogP contribution in [0.3, 0.4) is 0 Å². The van der Waals surface area contributed by atoms with Crippen molar-refractivity contribution in [3.63, 3.8) is 0 Å². The predicted molar refractivity (Wildman–Crippen MR) is 227 cm³/mol. The molecule has 0 bridgehead atoms. The number of likely N-dealkylation sites (tertiary alicyclic amines) is 1. The van der Waals surface area contributed by atoms with E-state index in [1.807, 2.05) is 59.5 Å². The number of aromatic nitrogens is 1. The fraction of sp³-hybridized carbons (Fsp3) is 0.476. The second kappa shape index (κ2) is 20.6. The first kappa shape index (κ1) is 46.6. The number of fused-ring (bicyclic) bond motifs is 1. The number of hydrogen-bond acceptors (Lipinski definition) is 8. The zero-order valence-corrected chi connectivity index (χ0v) is 35.4. The number of nitrogens with one attached hydrogen (secondary N) is 3. The summed E-state index contributed by atoms with van der Waals surface area (Å²) in [4.78, 5) is 81.2. The van der Waals surface area contributed by atoms with E-state index >= 15 is 0 Å². The van der Waals surface area contributed by atoms with E-state index in [9.17, 15) is 28.8 Å². The molecule has 1 aromatic heterocycles. The molecule has 1 saturated heterocycles. The van der Waals surface area contributed by atoms with E-state index in [2.05, 4.69) is 16.0 Å². The predicted octanol–water partition coefficient (Wildman–Crippen LogP) is 4.55. The van der Waals surface area contributed by atoms with Crippen LogP contribution < -0.4 is 21.5 Å². The summed E-state index contributed by atoms with van der Waals surface area (Å²) in [6, 6.07) is 19.0. The average molecular weight is 824 g/mol. The highest BCUT2D eigenvalue weighted by molar-refractivity contribution is 7.59. The van der Waals surface area contributed by atoms with Crippen molar-refractivity contribution in [3.05, 3.63) is 106 Å². The molecule has 3 N–H and O–H groups in total.